The fourth-order valence-electron chi connectivity index (χ4n) is 4.22. The molecule has 5 nitrogen and oxygen atoms in total. The Hall–Kier alpha value is -3.32. The molecule has 0 bridgehead atoms. The fraction of sp³-hybridized carbons (Fsp3) is 0.200. The minimum absolute atomic E-state index is 0.273. The molecule has 2 heterocycles. The zero-order valence-corrected chi connectivity index (χ0v) is 23.3. The Morgan fingerprint density at radius 3 is 2.47 bits per heavy atom. The number of thiophene rings is 1. The predicted octanol–water partition coefficient (Wildman–Crippen LogP) is 9.24. The molecular weight excluding hydrogens is 541 g/mol. The van der Waals surface area contributed by atoms with Crippen molar-refractivity contribution in [3.05, 3.63) is 93.7 Å². The molecule has 0 spiro atoms. The van der Waals surface area contributed by atoms with E-state index >= 15 is 0 Å². The first-order valence-electron chi connectivity index (χ1n) is 12.3. The maximum atomic E-state index is 12.0. The van der Waals surface area contributed by atoms with Crippen LogP contribution in [-0.2, 0) is 17.8 Å². The van der Waals surface area contributed by atoms with Gasteiger partial charge in [0.1, 0.15) is 23.8 Å². The maximum Gasteiger partial charge on any atom is 0.338 e. The van der Waals surface area contributed by atoms with Gasteiger partial charge in [0.05, 0.1) is 27.8 Å². The Morgan fingerprint density at radius 1 is 1.00 bits per heavy atom. The molecule has 194 valence electrons. The van der Waals surface area contributed by atoms with E-state index in [1.165, 1.54) is 0 Å². The third-order valence-electron chi connectivity index (χ3n) is 6.10. The van der Waals surface area contributed by atoms with Crippen molar-refractivity contribution in [2.75, 3.05) is 6.61 Å². The number of esters is 1. The molecular formula is C30H25Cl2NO4S. The lowest BCUT2D eigenvalue weighted by atomic mass is 10.0. The molecule has 3 aromatic carbocycles. The number of aromatic nitrogens is 1. The van der Waals surface area contributed by atoms with Crippen LogP contribution in [-0.4, -0.2) is 17.7 Å². The highest BCUT2D eigenvalue weighted by Crippen LogP contribution is 2.39. The summed E-state index contributed by atoms with van der Waals surface area (Å²) in [6.45, 7) is 4.51. The molecule has 0 fully saturated rings. The summed E-state index contributed by atoms with van der Waals surface area (Å²) in [4.78, 5) is 13.1. The van der Waals surface area contributed by atoms with E-state index < -0.39 is 0 Å². The zero-order valence-electron chi connectivity index (χ0n) is 20.9. The SMILES string of the molecule is CCCc1onc(-c2c(Cl)cccc2Cl)c1COc1ccc2cc(-c3ccc(C(=O)OCC)cc3)sc2c1. The van der Waals surface area contributed by atoms with Gasteiger partial charge in [0.2, 0.25) is 0 Å². The number of nitrogens with zero attached hydrogens (tertiary/aromatic N) is 1. The van der Waals surface area contributed by atoms with Crippen molar-refractivity contribution in [2.24, 2.45) is 0 Å². The van der Waals surface area contributed by atoms with E-state index in [1.54, 1.807) is 48.6 Å². The molecule has 0 radical (unpaired) electrons. The van der Waals surface area contributed by atoms with Crippen LogP contribution in [0.25, 0.3) is 31.8 Å². The van der Waals surface area contributed by atoms with Crippen LogP contribution in [0.4, 0.5) is 0 Å². The lowest BCUT2D eigenvalue weighted by Crippen LogP contribution is -2.03. The summed E-state index contributed by atoms with van der Waals surface area (Å²) >= 11 is 14.6. The predicted molar refractivity (Wildman–Crippen MR) is 154 cm³/mol. The second kappa shape index (κ2) is 11.6. The Kier molecular flexibility index (Phi) is 8.03. The molecule has 0 aliphatic carbocycles. The van der Waals surface area contributed by atoms with Gasteiger partial charge in [-0.15, -0.1) is 11.3 Å². The van der Waals surface area contributed by atoms with E-state index in [4.69, 9.17) is 37.2 Å². The standard InChI is InChI=1S/C30H25Cl2NO4S/c1-3-6-25-22(29(33-37-25)28-23(31)7-5-8-24(28)32)17-36-21-14-13-20-15-26(38-27(20)16-21)18-9-11-19(12-10-18)30(34)35-4-2/h5,7-16H,3-4,6,17H2,1-2H3. The molecule has 0 saturated carbocycles. The summed E-state index contributed by atoms with van der Waals surface area (Å²) < 4.78 is 18.1. The summed E-state index contributed by atoms with van der Waals surface area (Å²) in [5, 5.41) is 6.44. The number of carbonyl (C=O) groups is 1. The molecule has 38 heavy (non-hydrogen) atoms. The maximum absolute atomic E-state index is 12.0. The van der Waals surface area contributed by atoms with E-state index in [-0.39, 0.29) is 12.6 Å². The number of hydrogen-bond acceptors (Lipinski definition) is 6. The smallest absolute Gasteiger partial charge is 0.338 e. The van der Waals surface area contributed by atoms with E-state index in [0.29, 0.717) is 33.5 Å². The van der Waals surface area contributed by atoms with Gasteiger partial charge in [-0.1, -0.05) is 53.5 Å². The van der Waals surface area contributed by atoms with Gasteiger partial charge < -0.3 is 14.0 Å². The number of aryl methyl sites for hydroxylation is 1. The van der Waals surface area contributed by atoms with Crippen LogP contribution < -0.4 is 4.74 Å². The zero-order chi connectivity index (χ0) is 26.6. The third kappa shape index (κ3) is 5.44. The highest BCUT2D eigenvalue weighted by atomic mass is 35.5. The molecule has 8 heteroatoms. The minimum atomic E-state index is -0.313. The van der Waals surface area contributed by atoms with Crippen LogP contribution in [0.15, 0.2) is 71.3 Å². The molecule has 0 aliphatic rings. The quantitative estimate of drug-likeness (QED) is 0.167. The Balaban J connectivity index is 1.39. The van der Waals surface area contributed by atoms with Crippen molar-refractivity contribution in [1.82, 2.24) is 5.16 Å². The fourth-order valence-corrected chi connectivity index (χ4v) is 5.89. The second-order valence-corrected chi connectivity index (χ2v) is 10.6. The molecule has 0 aliphatic heterocycles. The number of halogens is 2. The Labute approximate surface area is 234 Å². The van der Waals surface area contributed by atoms with Gasteiger partial charge in [0.15, 0.2) is 0 Å². The number of carbonyl (C=O) groups excluding carboxylic acids is 1. The van der Waals surface area contributed by atoms with Crippen molar-refractivity contribution in [2.45, 2.75) is 33.3 Å². The van der Waals surface area contributed by atoms with E-state index in [0.717, 1.165) is 50.4 Å². The molecule has 5 rings (SSSR count). The summed E-state index contributed by atoms with van der Waals surface area (Å²) in [6.07, 6.45) is 1.64. The summed E-state index contributed by atoms with van der Waals surface area (Å²) in [5.41, 5.74) is 3.68. The lowest BCUT2D eigenvalue weighted by Gasteiger charge is -2.09. The molecule has 0 unspecified atom stereocenters. The van der Waals surface area contributed by atoms with Crippen molar-refractivity contribution in [1.29, 1.82) is 0 Å². The first kappa shape index (κ1) is 26.3. The topological polar surface area (TPSA) is 61.6 Å². The Morgan fingerprint density at radius 2 is 1.76 bits per heavy atom. The van der Waals surface area contributed by atoms with E-state index in [9.17, 15) is 4.79 Å². The van der Waals surface area contributed by atoms with Gasteiger partial charge in [-0.3, -0.25) is 0 Å². The molecule has 2 aromatic heterocycles. The lowest BCUT2D eigenvalue weighted by molar-refractivity contribution is 0.0526. The average Bonchev–Trinajstić information content (AvgIpc) is 3.52. The number of rotatable bonds is 9. The highest BCUT2D eigenvalue weighted by Gasteiger charge is 2.22. The largest absolute Gasteiger partial charge is 0.489 e. The van der Waals surface area contributed by atoms with Crippen molar-refractivity contribution in [3.8, 4) is 27.4 Å². The van der Waals surface area contributed by atoms with Gasteiger partial charge in [-0.05, 0) is 72.8 Å². The van der Waals surface area contributed by atoms with Crippen LogP contribution in [0.1, 0.15) is 41.9 Å². The van der Waals surface area contributed by atoms with Gasteiger partial charge in [-0.2, -0.15) is 0 Å². The van der Waals surface area contributed by atoms with Crippen LogP contribution >= 0.6 is 34.5 Å². The number of hydrogen-bond donors (Lipinski definition) is 0. The minimum Gasteiger partial charge on any atom is -0.489 e. The molecule has 5 aromatic rings. The molecule has 0 saturated heterocycles. The molecule has 0 N–H and O–H groups in total. The first-order chi connectivity index (χ1) is 18.5. The van der Waals surface area contributed by atoms with E-state index in [2.05, 4.69) is 18.1 Å². The van der Waals surface area contributed by atoms with Crippen LogP contribution in [0.5, 0.6) is 5.75 Å². The van der Waals surface area contributed by atoms with Gasteiger partial charge in [0.25, 0.3) is 0 Å². The van der Waals surface area contributed by atoms with Crippen molar-refractivity contribution >= 4 is 50.6 Å². The Bertz CT molecular complexity index is 1570. The normalized spacial score (nSPS) is 11.2. The monoisotopic (exact) mass is 565 g/mol. The van der Waals surface area contributed by atoms with Crippen LogP contribution in [0.2, 0.25) is 10.0 Å². The van der Waals surface area contributed by atoms with Gasteiger partial charge in [0, 0.05) is 21.6 Å². The van der Waals surface area contributed by atoms with Crippen LogP contribution in [0, 0.1) is 0 Å². The van der Waals surface area contributed by atoms with E-state index in [1.807, 2.05) is 30.3 Å². The summed E-state index contributed by atoms with van der Waals surface area (Å²) in [6, 6.07) is 21.0. The van der Waals surface area contributed by atoms with Gasteiger partial charge >= 0.3 is 5.97 Å². The van der Waals surface area contributed by atoms with Crippen molar-refractivity contribution < 1.29 is 18.8 Å². The summed E-state index contributed by atoms with van der Waals surface area (Å²) in [7, 11) is 0. The number of benzene rings is 3. The molecule has 0 amide bonds. The summed E-state index contributed by atoms with van der Waals surface area (Å²) in [5.74, 6) is 1.19. The number of fused-ring (bicyclic) bond motifs is 1. The first-order valence-corrected chi connectivity index (χ1v) is 13.9. The van der Waals surface area contributed by atoms with Crippen LogP contribution in [0.3, 0.4) is 0 Å². The highest BCUT2D eigenvalue weighted by molar-refractivity contribution is 7.22. The number of ether oxygens (including phenoxy) is 2. The third-order valence-corrected chi connectivity index (χ3v) is 7.88. The molecule has 0 atom stereocenters. The van der Waals surface area contributed by atoms with Crippen molar-refractivity contribution in [3.63, 3.8) is 0 Å². The second-order valence-electron chi connectivity index (χ2n) is 8.68. The van der Waals surface area contributed by atoms with Gasteiger partial charge in [-0.25, -0.2) is 4.79 Å². The average molecular weight is 567 g/mol.